The molecule has 1 aromatic heterocycles. The summed E-state index contributed by atoms with van der Waals surface area (Å²) >= 11 is 1.57. The van der Waals surface area contributed by atoms with E-state index >= 15 is 0 Å². The summed E-state index contributed by atoms with van der Waals surface area (Å²) in [5.74, 6) is 1.10. The van der Waals surface area contributed by atoms with Gasteiger partial charge in [0.05, 0.1) is 11.3 Å². The minimum atomic E-state index is -0.199. The van der Waals surface area contributed by atoms with E-state index in [9.17, 15) is 9.59 Å². The van der Waals surface area contributed by atoms with Crippen molar-refractivity contribution in [2.75, 3.05) is 12.4 Å². The third kappa shape index (κ3) is 4.43. The Morgan fingerprint density at radius 3 is 2.39 bits per heavy atom. The van der Waals surface area contributed by atoms with Crippen LogP contribution >= 0.6 is 11.8 Å². The summed E-state index contributed by atoms with van der Waals surface area (Å²) in [6.07, 6.45) is 0. The molecule has 0 unspecified atom stereocenters. The van der Waals surface area contributed by atoms with Gasteiger partial charge in [0.2, 0.25) is 0 Å². The summed E-state index contributed by atoms with van der Waals surface area (Å²) in [5.41, 5.74) is 3.67. The number of aryl methyl sites for hydroxylation is 2. The molecule has 144 valence electrons. The number of carbonyl (C=O) groups excluding carboxylic acids is 2. The van der Waals surface area contributed by atoms with Crippen LogP contribution in [0.25, 0.3) is 0 Å². The van der Waals surface area contributed by atoms with E-state index in [1.807, 2.05) is 32.0 Å². The Morgan fingerprint density at radius 2 is 1.75 bits per heavy atom. The number of amides is 2. The second-order valence-electron chi connectivity index (χ2n) is 6.20. The Morgan fingerprint density at radius 1 is 1.04 bits per heavy atom. The second kappa shape index (κ2) is 8.75. The van der Waals surface area contributed by atoms with Gasteiger partial charge in [-0.1, -0.05) is 17.3 Å². The Labute approximate surface area is 167 Å². The van der Waals surface area contributed by atoms with Gasteiger partial charge in [0.1, 0.15) is 5.76 Å². The molecule has 0 saturated heterocycles. The average Bonchev–Trinajstić information content (AvgIpc) is 3.04. The smallest absolute Gasteiger partial charge is 0.256 e. The summed E-state index contributed by atoms with van der Waals surface area (Å²) in [7, 11) is 1.58. The third-order valence-corrected chi connectivity index (χ3v) is 5.42. The van der Waals surface area contributed by atoms with Crippen LogP contribution in [0.4, 0.5) is 5.69 Å². The molecular formula is C21H21N3O3S. The molecule has 3 rings (SSSR count). The van der Waals surface area contributed by atoms with Crippen molar-refractivity contribution in [1.29, 1.82) is 0 Å². The normalized spacial score (nSPS) is 10.5. The van der Waals surface area contributed by atoms with E-state index in [4.69, 9.17) is 4.52 Å². The molecule has 7 heteroatoms. The predicted octanol–water partition coefficient (Wildman–Crippen LogP) is 4.20. The van der Waals surface area contributed by atoms with Crippen molar-refractivity contribution in [3.05, 3.63) is 76.7 Å². The Hall–Kier alpha value is -3.06. The van der Waals surface area contributed by atoms with Gasteiger partial charge in [0.25, 0.3) is 11.8 Å². The van der Waals surface area contributed by atoms with E-state index < -0.39 is 0 Å². The highest BCUT2D eigenvalue weighted by Gasteiger charge is 2.15. The van der Waals surface area contributed by atoms with E-state index in [-0.39, 0.29) is 11.8 Å². The van der Waals surface area contributed by atoms with Crippen LogP contribution in [0.3, 0.4) is 0 Å². The van der Waals surface area contributed by atoms with Crippen LogP contribution < -0.4 is 10.6 Å². The molecule has 0 radical (unpaired) electrons. The number of nitrogens with zero attached hydrogens (tertiary/aromatic N) is 1. The molecule has 1 heterocycles. The summed E-state index contributed by atoms with van der Waals surface area (Å²) in [6, 6.07) is 14.2. The highest BCUT2D eigenvalue weighted by Crippen LogP contribution is 2.29. The molecule has 2 aromatic carbocycles. The van der Waals surface area contributed by atoms with Crippen molar-refractivity contribution >= 4 is 29.3 Å². The maximum atomic E-state index is 12.8. The van der Waals surface area contributed by atoms with Crippen LogP contribution in [-0.4, -0.2) is 24.0 Å². The number of carbonyl (C=O) groups is 2. The minimum absolute atomic E-state index is 0.168. The summed E-state index contributed by atoms with van der Waals surface area (Å²) in [4.78, 5) is 25.3. The first-order valence-electron chi connectivity index (χ1n) is 8.76. The zero-order chi connectivity index (χ0) is 20.1. The molecule has 0 saturated carbocycles. The predicted molar refractivity (Wildman–Crippen MR) is 110 cm³/mol. The van der Waals surface area contributed by atoms with Crippen molar-refractivity contribution in [3.8, 4) is 0 Å². The first-order valence-corrected chi connectivity index (χ1v) is 9.75. The van der Waals surface area contributed by atoms with Gasteiger partial charge in [0, 0.05) is 34.5 Å². The zero-order valence-corrected chi connectivity index (χ0v) is 16.7. The molecule has 0 aliphatic carbocycles. The van der Waals surface area contributed by atoms with E-state index in [0.29, 0.717) is 22.6 Å². The van der Waals surface area contributed by atoms with Gasteiger partial charge in [-0.15, -0.1) is 11.8 Å². The SMILES string of the molecule is CNC(=O)c1ccc(NC(=O)c2ccccc2SCc2c(C)noc2C)cc1. The van der Waals surface area contributed by atoms with Gasteiger partial charge in [-0.25, -0.2) is 0 Å². The van der Waals surface area contributed by atoms with Gasteiger partial charge in [-0.05, 0) is 50.2 Å². The van der Waals surface area contributed by atoms with Crippen LogP contribution in [0.1, 0.15) is 37.7 Å². The average molecular weight is 395 g/mol. The number of anilines is 1. The van der Waals surface area contributed by atoms with Gasteiger partial charge < -0.3 is 15.2 Å². The van der Waals surface area contributed by atoms with Crippen molar-refractivity contribution in [2.45, 2.75) is 24.5 Å². The lowest BCUT2D eigenvalue weighted by atomic mass is 10.1. The first-order chi connectivity index (χ1) is 13.5. The third-order valence-electron chi connectivity index (χ3n) is 4.32. The number of aromatic nitrogens is 1. The van der Waals surface area contributed by atoms with Gasteiger partial charge in [-0.2, -0.15) is 0 Å². The lowest BCUT2D eigenvalue weighted by Gasteiger charge is -2.10. The number of rotatable bonds is 6. The molecule has 0 spiro atoms. The zero-order valence-electron chi connectivity index (χ0n) is 15.9. The standard InChI is InChI=1S/C21H21N3O3S/c1-13-18(14(2)27-24-13)12-28-19-7-5-4-6-17(19)21(26)23-16-10-8-15(9-11-16)20(25)22-3/h4-11H,12H2,1-3H3,(H,22,25)(H,23,26). The van der Waals surface area contributed by atoms with E-state index in [0.717, 1.165) is 21.9 Å². The maximum absolute atomic E-state index is 12.8. The molecule has 0 atom stereocenters. The largest absolute Gasteiger partial charge is 0.361 e. The van der Waals surface area contributed by atoms with Crippen LogP contribution in [0, 0.1) is 13.8 Å². The molecule has 2 N–H and O–H groups in total. The Kier molecular flexibility index (Phi) is 6.16. The number of nitrogens with one attached hydrogen (secondary N) is 2. The topological polar surface area (TPSA) is 84.2 Å². The highest BCUT2D eigenvalue weighted by atomic mass is 32.2. The second-order valence-corrected chi connectivity index (χ2v) is 7.22. The van der Waals surface area contributed by atoms with Crippen LogP contribution in [0.15, 0.2) is 57.9 Å². The fourth-order valence-corrected chi connectivity index (χ4v) is 3.89. The van der Waals surface area contributed by atoms with E-state index in [1.165, 1.54) is 0 Å². The van der Waals surface area contributed by atoms with Crippen molar-refractivity contribution < 1.29 is 14.1 Å². The minimum Gasteiger partial charge on any atom is -0.361 e. The number of hydrogen-bond acceptors (Lipinski definition) is 5. The monoisotopic (exact) mass is 395 g/mol. The fourth-order valence-electron chi connectivity index (χ4n) is 2.69. The molecule has 28 heavy (non-hydrogen) atoms. The van der Waals surface area contributed by atoms with Gasteiger partial charge in [0.15, 0.2) is 0 Å². The van der Waals surface area contributed by atoms with Gasteiger partial charge in [-0.3, -0.25) is 9.59 Å². The van der Waals surface area contributed by atoms with Crippen LogP contribution in [-0.2, 0) is 5.75 Å². The van der Waals surface area contributed by atoms with E-state index in [1.54, 1.807) is 49.1 Å². The van der Waals surface area contributed by atoms with Gasteiger partial charge >= 0.3 is 0 Å². The Bertz CT molecular complexity index is 977. The molecular weight excluding hydrogens is 374 g/mol. The molecule has 3 aromatic rings. The highest BCUT2D eigenvalue weighted by molar-refractivity contribution is 7.98. The number of hydrogen-bond donors (Lipinski definition) is 2. The summed E-state index contributed by atoms with van der Waals surface area (Å²) < 4.78 is 5.20. The number of thioether (sulfide) groups is 1. The molecule has 0 aliphatic heterocycles. The van der Waals surface area contributed by atoms with Crippen molar-refractivity contribution in [3.63, 3.8) is 0 Å². The number of benzene rings is 2. The quantitative estimate of drug-likeness (QED) is 0.611. The maximum Gasteiger partial charge on any atom is 0.256 e. The fraction of sp³-hybridized carbons (Fsp3) is 0.190. The van der Waals surface area contributed by atoms with Crippen LogP contribution in [0.5, 0.6) is 0 Å². The molecule has 2 amide bonds. The molecule has 6 nitrogen and oxygen atoms in total. The van der Waals surface area contributed by atoms with Crippen LogP contribution in [0.2, 0.25) is 0 Å². The molecule has 0 bridgehead atoms. The summed E-state index contributed by atoms with van der Waals surface area (Å²) in [6.45, 7) is 3.80. The van der Waals surface area contributed by atoms with E-state index in [2.05, 4.69) is 15.8 Å². The lowest BCUT2D eigenvalue weighted by molar-refractivity contribution is 0.0962. The Balaban J connectivity index is 1.73. The van der Waals surface area contributed by atoms with Crippen molar-refractivity contribution in [1.82, 2.24) is 10.5 Å². The summed E-state index contributed by atoms with van der Waals surface area (Å²) in [5, 5.41) is 9.42. The van der Waals surface area contributed by atoms with Crippen molar-refractivity contribution in [2.24, 2.45) is 0 Å². The first kappa shape index (κ1) is 19.7. The molecule has 0 aliphatic rings. The lowest BCUT2D eigenvalue weighted by Crippen LogP contribution is -2.18. The molecule has 0 fully saturated rings.